The van der Waals surface area contributed by atoms with E-state index in [1.165, 1.54) is 101 Å². The van der Waals surface area contributed by atoms with Crippen LogP contribution in [0.3, 0.4) is 0 Å². The Morgan fingerprint density at radius 1 is 0.615 bits per heavy atom. The summed E-state index contributed by atoms with van der Waals surface area (Å²) in [5, 5.41) is 0. The molecule has 0 atom stereocenters. The molecule has 0 saturated heterocycles. The van der Waals surface area contributed by atoms with Crippen molar-refractivity contribution >= 4 is 10.4 Å². The topological polar surface area (TPSA) is 83.8 Å². The fourth-order valence-electron chi connectivity index (χ4n) is 4.28. The summed E-state index contributed by atoms with van der Waals surface area (Å²) in [4.78, 5) is 0. The van der Waals surface area contributed by atoms with E-state index < -0.39 is 10.4 Å². The van der Waals surface area contributed by atoms with Gasteiger partial charge in [0.25, 0.3) is 0 Å². The van der Waals surface area contributed by atoms with Gasteiger partial charge in [-0.3, -0.25) is 9.11 Å². The summed E-state index contributed by atoms with van der Waals surface area (Å²) in [5.74, 6) is 2.08. The van der Waals surface area contributed by atoms with Crippen molar-refractivity contribution in [2.45, 2.75) is 117 Å². The maximum atomic E-state index is 8.74. The molecule has 218 valence electrons. The number of benzene rings is 2. The number of aryl methyl sites for hydroxylation is 2. The van der Waals surface area contributed by atoms with Crippen LogP contribution in [0.4, 0.5) is 0 Å². The molecule has 0 fully saturated rings. The Bertz CT molecular complexity index is 873. The van der Waals surface area contributed by atoms with Crippen molar-refractivity contribution < 1.29 is 53.2 Å². The number of hydrogen-bond donors (Lipinski definition) is 2. The Labute approximate surface area is 263 Å². The summed E-state index contributed by atoms with van der Waals surface area (Å²) in [6.07, 6.45) is 21.1. The van der Waals surface area contributed by atoms with Gasteiger partial charge < -0.3 is 6.16 Å². The summed E-state index contributed by atoms with van der Waals surface area (Å²) in [5.41, 5.74) is 2.70. The summed E-state index contributed by atoms with van der Waals surface area (Å²) >= 11 is 0. The van der Waals surface area contributed by atoms with Crippen LogP contribution < -0.4 is 34.3 Å². The van der Waals surface area contributed by atoms with Gasteiger partial charge in [-0.2, -0.15) is 8.42 Å². The quantitative estimate of drug-likeness (QED) is 0.0846. The van der Waals surface area contributed by atoms with Crippen LogP contribution in [0.5, 0.6) is 11.5 Å². The first kappa shape index (κ1) is 40.0. The Balaban J connectivity index is -0.00000137. The summed E-state index contributed by atoms with van der Waals surface area (Å²) in [7, 11) is -4.67. The second-order valence-corrected chi connectivity index (χ2v) is 10.4. The number of rotatable bonds is 18. The molecule has 2 N–H and O–H groups in total. The maximum absolute atomic E-state index is 8.74. The molecule has 0 unspecified atom stereocenters. The Hall–Kier alpha value is -1.15. The summed E-state index contributed by atoms with van der Waals surface area (Å²) in [6.45, 7) is 10.6. The molecule has 0 radical (unpaired) electrons. The van der Waals surface area contributed by atoms with Gasteiger partial charge in [-0.15, -0.1) is 13.2 Å². The largest absolute Gasteiger partial charge is 1.00 e. The molecular weight excluding hydrogens is 519 g/mol. The van der Waals surface area contributed by atoms with Crippen LogP contribution in [0.1, 0.15) is 116 Å². The molecule has 5 nitrogen and oxygen atoms in total. The molecule has 0 amide bonds. The molecule has 2 rings (SSSR count). The third kappa shape index (κ3) is 24.4. The van der Waals surface area contributed by atoms with Crippen molar-refractivity contribution in [2.24, 2.45) is 0 Å². The van der Waals surface area contributed by atoms with E-state index in [0.717, 1.165) is 24.3 Å². The van der Waals surface area contributed by atoms with Crippen LogP contribution in [-0.4, -0.2) is 17.5 Å². The number of unbranched alkanes of at least 4 members (excludes halogenated alkanes) is 12. The van der Waals surface area contributed by atoms with Crippen molar-refractivity contribution in [2.75, 3.05) is 0 Å². The zero-order valence-electron chi connectivity index (χ0n) is 25.9. The van der Waals surface area contributed by atoms with Crippen LogP contribution in [-0.2, 0) is 23.2 Å². The van der Waals surface area contributed by atoms with Crippen LogP contribution in [0.25, 0.3) is 0 Å². The summed E-state index contributed by atoms with van der Waals surface area (Å²) < 4.78 is 38.0. The predicted octanol–water partition coefficient (Wildman–Crippen LogP) is 7.33. The first-order valence-corrected chi connectivity index (χ1v) is 15.8. The van der Waals surface area contributed by atoms with E-state index in [9.17, 15) is 0 Å². The molecule has 0 aromatic heterocycles. The number of ether oxygens (including phenoxy) is 1. The molecule has 0 saturated carbocycles. The van der Waals surface area contributed by atoms with Gasteiger partial charge in [0.1, 0.15) is 11.5 Å². The first-order chi connectivity index (χ1) is 18.3. The van der Waals surface area contributed by atoms with Crippen molar-refractivity contribution in [1.29, 1.82) is 0 Å². The molecular formula is C32H53NaO5S. The molecule has 0 aliphatic rings. The zero-order valence-corrected chi connectivity index (χ0v) is 27.7. The van der Waals surface area contributed by atoms with E-state index in [2.05, 4.69) is 75.5 Å². The zero-order chi connectivity index (χ0) is 28.5. The van der Waals surface area contributed by atoms with E-state index in [1.54, 1.807) is 0 Å². The minimum Gasteiger partial charge on any atom is -1.00 e. The van der Waals surface area contributed by atoms with Gasteiger partial charge in [0, 0.05) is 0 Å². The Morgan fingerprint density at radius 2 is 0.897 bits per heavy atom. The third-order valence-electron chi connectivity index (χ3n) is 6.26. The third-order valence-corrected chi connectivity index (χ3v) is 6.26. The van der Waals surface area contributed by atoms with Crippen LogP contribution in [0, 0.1) is 0 Å². The van der Waals surface area contributed by atoms with E-state index in [-0.39, 0.29) is 31.0 Å². The minimum absolute atomic E-state index is 0. The van der Waals surface area contributed by atoms with Crippen LogP contribution in [0.15, 0.2) is 61.7 Å². The van der Waals surface area contributed by atoms with Gasteiger partial charge in [0.05, 0.1) is 0 Å². The van der Waals surface area contributed by atoms with Gasteiger partial charge in [-0.25, -0.2) is 0 Å². The average molecular weight is 573 g/mol. The van der Waals surface area contributed by atoms with E-state index in [4.69, 9.17) is 22.3 Å². The van der Waals surface area contributed by atoms with Crippen molar-refractivity contribution in [3.63, 3.8) is 0 Å². The Morgan fingerprint density at radius 3 is 1.23 bits per heavy atom. The van der Waals surface area contributed by atoms with Gasteiger partial charge >= 0.3 is 40.0 Å². The van der Waals surface area contributed by atoms with E-state index >= 15 is 0 Å². The van der Waals surface area contributed by atoms with Crippen molar-refractivity contribution in [3.8, 4) is 11.5 Å². The standard InChI is InChI=1S/C30H46O.C2H4.Na.H2O4S.H/c1-3-5-7-9-11-13-15-21-27-23-17-19-25-29(27)31-30-26-20-18-24-28(30)22-16-14-12-10-8-6-4-2;1-2;;1-5(2,3)4;/h17-20,23-26H,3-16,21-22H2,1-2H3;1-2H2;;(H2,1,2,3,4);/q;;+1;;-1. The molecule has 0 bridgehead atoms. The maximum Gasteiger partial charge on any atom is 1.00 e. The second kappa shape index (κ2) is 27.0. The van der Waals surface area contributed by atoms with Crippen LogP contribution in [0.2, 0.25) is 0 Å². The molecule has 0 heterocycles. The molecule has 0 spiro atoms. The number of para-hydroxylation sites is 2. The first-order valence-electron chi connectivity index (χ1n) is 14.4. The minimum atomic E-state index is -4.67. The monoisotopic (exact) mass is 572 g/mol. The fraction of sp³-hybridized carbons (Fsp3) is 0.562. The van der Waals surface area contributed by atoms with E-state index in [0.29, 0.717) is 0 Å². The molecule has 0 aliphatic carbocycles. The van der Waals surface area contributed by atoms with Crippen molar-refractivity contribution in [1.82, 2.24) is 0 Å². The molecule has 0 aliphatic heterocycles. The van der Waals surface area contributed by atoms with E-state index in [1.807, 2.05) is 0 Å². The van der Waals surface area contributed by atoms with Crippen LogP contribution >= 0.6 is 0 Å². The van der Waals surface area contributed by atoms with Gasteiger partial charge in [-0.1, -0.05) is 127 Å². The van der Waals surface area contributed by atoms with Gasteiger partial charge in [-0.05, 0) is 48.9 Å². The molecule has 2 aromatic carbocycles. The fourth-order valence-corrected chi connectivity index (χ4v) is 4.28. The van der Waals surface area contributed by atoms with Crippen molar-refractivity contribution in [3.05, 3.63) is 72.8 Å². The molecule has 7 heteroatoms. The second-order valence-electron chi connectivity index (χ2n) is 9.51. The van der Waals surface area contributed by atoms with Gasteiger partial charge in [0.2, 0.25) is 0 Å². The number of hydrogen-bond acceptors (Lipinski definition) is 3. The van der Waals surface area contributed by atoms with Gasteiger partial charge in [0.15, 0.2) is 0 Å². The predicted molar refractivity (Wildman–Crippen MR) is 163 cm³/mol. The SMILES string of the molecule is C=C.CCCCCCCCCc1ccccc1Oc1ccccc1CCCCCCCCC.O=S(=O)(O)O.[H-].[Na+]. The smallest absolute Gasteiger partial charge is 1.00 e. The average Bonchev–Trinajstić information content (AvgIpc) is 2.89. The molecule has 2 aromatic rings. The normalized spacial score (nSPS) is 10.4. The molecule has 39 heavy (non-hydrogen) atoms. The Kier molecular flexibility index (Phi) is 27.7. The summed E-state index contributed by atoms with van der Waals surface area (Å²) in [6, 6.07) is 17.3.